The minimum Gasteiger partial charge on any atom is -0.324 e. The van der Waals surface area contributed by atoms with Gasteiger partial charge in [0.15, 0.2) is 0 Å². The van der Waals surface area contributed by atoms with Crippen LogP contribution in [0.4, 0.5) is 17.1 Å². The van der Waals surface area contributed by atoms with E-state index in [1.54, 1.807) is 19.1 Å². The van der Waals surface area contributed by atoms with E-state index >= 15 is 0 Å². The number of benzene rings is 2. The minimum absolute atomic E-state index is 0.163. The highest BCUT2D eigenvalue weighted by molar-refractivity contribution is 7.92. The predicted molar refractivity (Wildman–Crippen MR) is 109 cm³/mol. The number of nitro groups is 1. The third-order valence-corrected chi connectivity index (χ3v) is 5.62. The Morgan fingerprint density at radius 2 is 1.82 bits per heavy atom. The van der Waals surface area contributed by atoms with Crippen molar-refractivity contribution >= 4 is 33.0 Å². The first-order valence-electron chi connectivity index (χ1n) is 8.68. The summed E-state index contributed by atoms with van der Waals surface area (Å²) in [6.07, 6.45) is 1.84. The van der Waals surface area contributed by atoms with E-state index in [0.29, 0.717) is 11.3 Å². The van der Waals surface area contributed by atoms with E-state index in [0.717, 1.165) is 22.5 Å². The van der Waals surface area contributed by atoms with Crippen LogP contribution < -0.4 is 9.62 Å². The first-order valence-corrected chi connectivity index (χ1v) is 10.5. The Morgan fingerprint density at radius 1 is 1.21 bits per heavy atom. The summed E-state index contributed by atoms with van der Waals surface area (Å²) < 4.78 is 25.7. The first kappa shape index (κ1) is 21.4. The van der Waals surface area contributed by atoms with Crippen LogP contribution in [0.1, 0.15) is 25.0 Å². The lowest BCUT2D eigenvalue weighted by atomic mass is 10.1. The molecule has 9 heteroatoms. The summed E-state index contributed by atoms with van der Waals surface area (Å²) in [6, 6.07) is 9.99. The van der Waals surface area contributed by atoms with Crippen LogP contribution in [-0.4, -0.2) is 31.5 Å². The van der Waals surface area contributed by atoms with Crippen LogP contribution in [0.3, 0.4) is 0 Å². The topological polar surface area (TPSA) is 110 Å². The maximum atomic E-state index is 12.7. The number of hydrogen-bond acceptors (Lipinski definition) is 5. The van der Waals surface area contributed by atoms with Gasteiger partial charge in [0.2, 0.25) is 15.9 Å². The van der Waals surface area contributed by atoms with Crippen LogP contribution >= 0.6 is 0 Å². The van der Waals surface area contributed by atoms with Crippen LogP contribution in [0, 0.1) is 17.0 Å². The second-order valence-electron chi connectivity index (χ2n) is 6.50. The van der Waals surface area contributed by atoms with E-state index in [9.17, 15) is 23.3 Å². The maximum Gasteiger partial charge on any atom is 0.271 e. The lowest BCUT2D eigenvalue weighted by Crippen LogP contribution is -2.45. The normalized spacial score (nSPS) is 12.3. The van der Waals surface area contributed by atoms with Crippen LogP contribution in [0.25, 0.3) is 0 Å². The van der Waals surface area contributed by atoms with E-state index in [4.69, 9.17) is 0 Å². The molecule has 28 heavy (non-hydrogen) atoms. The molecule has 0 aliphatic rings. The highest BCUT2D eigenvalue weighted by atomic mass is 32.2. The molecule has 2 aromatic rings. The third kappa shape index (κ3) is 4.86. The van der Waals surface area contributed by atoms with Crippen molar-refractivity contribution in [1.82, 2.24) is 0 Å². The number of rotatable bonds is 7. The van der Waals surface area contributed by atoms with Gasteiger partial charge in [-0.1, -0.05) is 25.1 Å². The number of nitro benzene ring substituents is 1. The molecule has 0 aliphatic carbocycles. The Balaban J connectivity index is 2.34. The Bertz CT molecular complexity index is 987. The van der Waals surface area contributed by atoms with Crippen LogP contribution in [0.2, 0.25) is 0 Å². The first-order chi connectivity index (χ1) is 13.0. The molecule has 2 rings (SSSR count). The Hall–Kier alpha value is -2.94. The molecule has 1 N–H and O–H groups in total. The number of nitrogens with one attached hydrogen (secondary N) is 1. The maximum absolute atomic E-state index is 12.7. The second kappa shape index (κ2) is 8.39. The third-order valence-electron chi connectivity index (χ3n) is 4.38. The molecule has 0 bridgehead atoms. The van der Waals surface area contributed by atoms with Crippen LogP contribution in [0.15, 0.2) is 42.5 Å². The second-order valence-corrected chi connectivity index (χ2v) is 8.36. The number of carbonyl (C=O) groups is 1. The summed E-state index contributed by atoms with van der Waals surface area (Å²) in [5.41, 5.74) is 2.15. The number of carbonyl (C=O) groups excluding carboxylic acids is 1. The Labute approximate surface area is 164 Å². The molecule has 8 nitrogen and oxygen atoms in total. The molecule has 0 aliphatic heterocycles. The van der Waals surface area contributed by atoms with Crippen molar-refractivity contribution in [3.63, 3.8) is 0 Å². The average molecular weight is 405 g/mol. The standard InChI is InChI=1S/C19H23N3O5S/c1-5-15-7-10-16(11-8-15)21(28(4,26)27)14(3)19(23)20-18-12-17(22(24)25)9-6-13(18)2/h6-12,14H,5H2,1-4H3,(H,20,23)/t14-/m0/s1. The van der Waals surface area contributed by atoms with E-state index in [1.807, 2.05) is 19.1 Å². The average Bonchev–Trinajstić information content (AvgIpc) is 2.62. The van der Waals surface area contributed by atoms with Crippen molar-refractivity contribution < 1.29 is 18.1 Å². The molecule has 0 fully saturated rings. The van der Waals surface area contributed by atoms with Gasteiger partial charge in [-0.2, -0.15) is 0 Å². The molecule has 0 unspecified atom stereocenters. The van der Waals surface area contributed by atoms with Gasteiger partial charge in [0.1, 0.15) is 6.04 Å². The van der Waals surface area contributed by atoms with Crippen molar-refractivity contribution in [2.75, 3.05) is 15.9 Å². The molecular weight excluding hydrogens is 382 g/mol. The van der Waals surface area contributed by atoms with Crippen molar-refractivity contribution in [3.8, 4) is 0 Å². The molecule has 2 aromatic carbocycles. The number of amides is 1. The highest BCUT2D eigenvalue weighted by Gasteiger charge is 2.29. The molecule has 0 heterocycles. The van der Waals surface area contributed by atoms with Gasteiger partial charge >= 0.3 is 0 Å². The number of sulfonamides is 1. The van der Waals surface area contributed by atoms with Crippen molar-refractivity contribution in [2.45, 2.75) is 33.2 Å². The Kier molecular flexibility index (Phi) is 6.40. The summed E-state index contributed by atoms with van der Waals surface area (Å²) in [7, 11) is -3.74. The SMILES string of the molecule is CCc1ccc(N([C@@H](C)C(=O)Nc2cc([N+](=O)[O-])ccc2C)S(C)(=O)=O)cc1. The number of hydrogen-bond donors (Lipinski definition) is 1. The number of nitrogens with zero attached hydrogens (tertiary/aromatic N) is 2. The molecule has 0 radical (unpaired) electrons. The van der Waals surface area contributed by atoms with E-state index < -0.39 is 26.9 Å². The smallest absolute Gasteiger partial charge is 0.271 e. The van der Waals surface area contributed by atoms with E-state index in [1.165, 1.54) is 25.1 Å². The fraction of sp³-hybridized carbons (Fsp3) is 0.316. The highest BCUT2D eigenvalue weighted by Crippen LogP contribution is 2.25. The van der Waals surface area contributed by atoms with Gasteiger partial charge in [-0.3, -0.25) is 19.2 Å². The van der Waals surface area contributed by atoms with Crippen molar-refractivity contribution in [2.24, 2.45) is 0 Å². The van der Waals surface area contributed by atoms with E-state index in [-0.39, 0.29) is 11.4 Å². The zero-order chi connectivity index (χ0) is 21.1. The van der Waals surface area contributed by atoms with Gasteiger partial charge in [0.25, 0.3) is 5.69 Å². The molecule has 1 atom stereocenters. The number of anilines is 2. The van der Waals surface area contributed by atoms with Crippen molar-refractivity contribution in [3.05, 3.63) is 63.7 Å². The molecule has 150 valence electrons. The van der Waals surface area contributed by atoms with Crippen molar-refractivity contribution in [1.29, 1.82) is 0 Å². The molecule has 0 aromatic heterocycles. The summed E-state index contributed by atoms with van der Waals surface area (Å²) in [4.78, 5) is 23.2. The van der Waals surface area contributed by atoms with Gasteiger partial charge in [-0.05, 0) is 43.5 Å². The lowest BCUT2D eigenvalue weighted by molar-refractivity contribution is -0.384. The van der Waals surface area contributed by atoms with Gasteiger partial charge < -0.3 is 5.32 Å². The predicted octanol–water partition coefficient (Wildman–Crippen LogP) is 3.26. The minimum atomic E-state index is -3.74. The summed E-state index contributed by atoms with van der Waals surface area (Å²) in [5.74, 6) is -0.589. The largest absolute Gasteiger partial charge is 0.324 e. The Morgan fingerprint density at radius 3 is 2.32 bits per heavy atom. The van der Waals surface area contributed by atoms with Gasteiger partial charge in [0, 0.05) is 12.1 Å². The fourth-order valence-corrected chi connectivity index (χ4v) is 3.96. The molecule has 0 saturated heterocycles. The van der Waals surface area contributed by atoms with Crippen LogP contribution in [-0.2, 0) is 21.2 Å². The number of non-ortho nitro benzene ring substituents is 1. The zero-order valence-electron chi connectivity index (χ0n) is 16.2. The fourth-order valence-electron chi connectivity index (χ4n) is 2.78. The van der Waals surface area contributed by atoms with E-state index in [2.05, 4.69) is 5.32 Å². The summed E-state index contributed by atoms with van der Waals surface area (Å²) in [5, 5.41) is 13.6. The summed E-state index contributed by atoms with van der Waals surface area (Å²) in [6.45, 7) is 5.15. The van der Waals surface area contributed by atoms with Gasteiger partial charge in [0.05, 0.1) is 22.6 Å². The van der Waals surface area contributed by atoms with Gasteiger partial charge in [-0.25, -0.2) is 8.42 Å². The zero-order valence-corrected chi connectivity index (χ0v) is 17.0. The van der Waals surface area contributed by atoms with Crippen LogP contribution in [0.5, 0.6) is 0 Å². The molecular formula is C19H23N3O5S. The monoisotopic (exact) mass is 405 g/mol. The molecule has 1 amide bonds. The quantitative estimate of drug-likeness (QED) is 0.562. The molecule has 0 spiro atoms. The van der Waals surface area contributed by atoms with Gasteiger partial charge in [-0.15, -0.1) is 0 Å². The lowest BCUT2D eigenvalue weighted by Gasteiger charge is -2.28. The number of aryl methyl sites for hydroxylation is 2. The summed E-state index contributed by atoms with van der Waals surface area (Å²) >= 11 is 0. The molecule has 0 saturated carbocycles.